The average Bonchev–Trinajstić information content (AvgIpc) is 2.91. The first kappa shape index (κ1) is 14.1. The Morgan fingerprint density at radius 2 is 2.16 bits per heavy atom. The van der Waals surface area contributed by atoms with E-state index in [0.29, 0.717) is 6.61 Å². The zero-order valence-electron chi connectivity index (χ0n) is 11.0. The van der Waals surface area contributed by atoms with E-state index < -0.39 is 0 Å². The summed E-state index contributed by atoms with van der Waals surface area (Å²) in [5.41, 5.74) is 0. The van der Waals surface area contributed by atoms with Crippen LogP contribution in [0.15, 0.2) is 29.2 Å². The maximum absolute atomic E-state index is 5.79. The van der Waals surface area contributed by atoms with Gasteiger partial charge in [0, 0.05) is 11.4 Å². The Bertz CT molecular complexity index is 516. The van der Waals surface area contributed by atoms with Crippen molar-refractivity contribution in [3.8, 4) is 5.75 Å². The summed E-state index contributed by atoms with van der Waals surface area (Å²) in [7, 11) is 0. The number of ether oxygens (including phenoxy) is 1. The minimum absolute atomic E-state index is 0.461. The van der Waals surface area contributed by atoms with Crippen LogP contribution in [0.5, 0.6) is 5.75 Å². The Hall–Kier alpha value is -1.27. The fourth-order valence-electron chi connectivity index (χ4n) is 1.49. The van der Waals surface area contributed by atoms with E-state index in [1.54, 1.807) is 23.1 Å². The number of para-hydroxylation sites is 1. The Balaban J connectivity index is 1.93. The Morgan fingerprint density at radius 1 is 1.32 bits per heavy atom. The predicted octanol–water partition coefficient (Wildman–Crippen LogP) is 3.66. The van der Waals surface area contributed by atoms with Crippen LogP contribution in [0.4, 0.5) is 5.13 Å². The van der Waals surface area contributed by atoms with Gasteiger partial charge in [-0.15, -0.1) is 22.0 Å². The fraction of sp³-hybridized carbons (Fsp3) is 0.385. The maximum Gasteiger partial charge on any atom is 0.205 e. The maximum atomic E-state index is 5.79. The van der Waals surface area contributed by atoms with E-state index in [4.69, 9.17) is 4.74 Å². The second-order valence-corrected chi connectivity index (χ2v) is 5.78. The molecule has 1 N–H and O–H groups in total. The molecule has 2 aromatic rings. The van der Waals surface area contributed by atoms with Crippen molar-refractivity contribution in [3.63, 3.8) is 0 Å². The molecule has 0 saturated carbocycles. The van der Waals surface area contributed by atoms with Crippen molar-refractivity contribution in [2.75, 3.05) is 18.1 Å². The third-order valence-corrected chi connectivity index (χ3v) is 4.04. The molecule has 1 heterocycles. The summed E-state index contributed by atoms with van der Waals surface area (Å²) in [6.07, 6.45) is 3.12. The Kier molecular flexibility index (Phi) is 5.47. The third kappa shape index (κ3) is 4.11. The van der Waals surface area contributed by atoms with Gasteiger partial charge in [-0.1, -0.05) is 30.4 Å². The van der Waals surface area contributed by atoms with Crippen molar-refractivity contribution in [1.29, 1.82) is 0 Å². The van der Waals surface area contributed by atoms with Gasteiger partial charge < -0.3 is 10.1 Å². The minimum atomic E-state index is 0.461. The number of rotatable bonds is 7. The summed E-state index contributed by atoms with van der Waals surface area (Å²) < 4.78 is 5.79. The summed E-state index contributed by atoms with van der Waals surface area (Å²) in [5.74, 6) is 0.897. The topological polar surface area (TPSA) is 47.0 Å². The van der Waals surface area contributed by atoms with Crippen LogP contribution in [0, 0.1) is 0 Å². The number of hydrogen-bond acceptors (Lipinski definition) is 6. The average molecular weight is 295 g/mol. The summed E-state index contributed by atoms with van der Waals surface area (Å²) in [6, 6.07) is 8.01. The highest BCUT2D eigenvalue weighted by atomic mass is 32.2. The molecular formula is C13H17N3OS2. The third-order valence-electron chi connectivity index (χ3n) is 2.41. The highest BCUT2D eigenvalue weighted by Crippen LogP contribution is 2.28. The highest BCUT2D eigenvalue weighted by molar-refractivity contribution is 7.98. The minimum Gasteiger partial charge on any atom is -0.485 e. The molecule has 102 valence electrons. The molecule has 19 heavy (non-hydrogen) atoms. The van der Waals surface area contributed by atoms with Crippen LogP contribution in [0.3, 0.4) is 0 Å². The summed E-state index contributed by atoms with van der Waals surface area (Å²) >= 11 is 3.22. The number of aromatic nitrogens is 2. The largest absolute Gasteiger partial charge is 0.485 e. The lowest BCUT2D eigenvalue weighted by Crippen LogP contribution is -1.98. The first-order valence-corrected chi connectivity index (χ1v) is 8.19. The van der Waals surface area contributed by atoms with Crippen LogP contribution in [0.1, 0.15) is 18.4 Å². The van der Waals surface area contributed by atoms with Crippen LogP contribution < -0.4 is 10.1 Å². The van der Waals surface area contributed by atoms with Crippen LogP contribution in [0.25, 0.3) is 0 Å². The Morgan fingerprint density at radius 3 is 2.95 bits per heavy atom. The van der Waals surface area contributed by atoms with E-state index in [-0.39, 0.29) is 0 Å². The van der Waals surface area contributed by atoms with Crippen LogP contribution in [-0.4, -0.2) is 23.0 Å². The van der Waals surface area contributed by atoms with E-state index >= 15 is 0 Å². The van der Waals surface area contributed by atoms with Gasteiger partial charge in [-0.3, -0.25) is 0 Å². The molecule has 0 saturated heterocycles. The van der Waals surface area contributed by atoms with Crippen LogP contribution in [-0.2, 0) is 6.61 Å². The van der Waals surface area contributed by atoms with Crippen molar-refractivity contribution >= 4 is 28.2 Å². The molecule has 0 aliphatic carbocycles. The molecule has 0 spiro atoms. The van der Waals surface area contributed by atoms with Crippen molar-refractivity contribution in [2.24, 2.45) is 0 Å². The summed E-state index contributed by atoms with van der Waals surface area (Å²) in [6.45, 7) is 3.51. The molecule has 0 aliphatic heterocycles. The summed E-state index contributed by atoms with van der Waals surface area (Å²) in [4.78, 5) is 1.14. The molecule has 0 unspecified atom stereocenters. The van der Waals surface area contributed by atoms with E-state index in [9.17, 15) is 0 Å². The first-order valence-electron chi connectivity index (χ1n) is 6.15. The molecule has 6 heteroatoms. The molecule has 1 aromatic carbocycles. The van der Waals surface area contributed by atoms with Crippen LogP contribution in [0.2, 0.25) is 0 Å². The van der Waals surface area contributed by atoms with Crippen molar-refractivity contribution in [1.82, 2.24) is 10.2 Å². The monoisotopic (exact) mass is 295 g/mol. The molecule has 0 atom stereocenters. The van der Waals surface area contributed by atoms with Gasteiger partial charge in [-0.25, -0.2) is 0 Å². The number of hydrogen-bond donors (Lipinski definition) is 1. The quantitative estimate of drug-likeness (QED) is 0.790. The lowest BCUT2D eigenvalue weighted by molar-refractivity contribution is 0.297. The SMILES string of the molecule is CCCNc1nnc(COc2ccccc2SC)s1. The van der Waals surface area contributed by atoms with Gasteiger partial charge in [0.05, 0.1) is 0 Å². The van der Waals surface area contributed by atoms with Gasteiger partial charge in [0.25, 0.3) is 0 Å². The predicted molar refractivity (Wildman–Crippen MR) is 81.2 cm³/mol. The molecule has 0 amide bonds. The van der Waals surface area contributed by atoms with Gasteiger partial charge >= 0.3 is 0 Å². The smallest absolute Gasteiger partial charge is 0.205 e. The van der Waals surface area contributed by atoms with Crippen molar-refractivity contribution in [3.05, 3.63) is 29.3 Å². The lowest BCUT2D eigenvalue weighted by atomic mass is 10.3. The number of nitrogens with one attached hydrogen (secondary N) is 1. The van der Waals surface area contributed by atoms with Gasteiger partial charge in [0.2, 0.25) is 5.13 Å². The molecule has 4 nitrogen and oxygen atoms in total. The van der Waals surface area contributed by atoms with E-state index in [1.807, 2.05) is 30.5 Å². The van der Waals surface area contributed by atoms with E-state index in [1.165, 1.54) is 0 Å². The van der Waals surface area contributed by atoms with Gasteiger partial charge in [-0.05, 0) is 24.8 Å². The van der Waals surface area contributed by atoms with Gasteiger partial charge in [0.15, 0.2) is 5.01 Å². The highest BCUT2D eigenvalue weighted by Gasteiger charge is 2.06. The molecule has 0 radical (unpaired) electrons. The zero-order valence-corrected chi connectivity index (χ0v) is 12.7. The molecule has 1 aromatic heterocycles. The molecule has 0 aliphatic rings. The summed E-state index contributed by atoms with van der Waals surface area (Å²) in [5, 5.41) is 13.2. The standard InChI is InChI=1S/C13H17N3OS2/c1-3-8-14-13-16-15-12(19-13)9-17-10-6-4-5-7-11(10)18-2/h4-7H,3,8-9H2,1-2H3,(H,14,16). The molecule has 0 fully saturated rings. The number of anilines is 1. The number of thioether (sulfide) groups is 1. The van der Waals surface area contributed by atoms with E-state index in [2.05, 4.69) is 22.4 Å². The van der Waals surface area contributed by atoms with Gasteiger partial charge in [0.1, 0.15) is 12.4 Å². The first-order chi connectivity index (χ1) is 9.33. The second kappa shape index (κ2) is 7.35. The van der Waals surface area contributed by atoms with Gasteiger partial charge in [-0.2, -0.15) is 0 Å². The lowest BCUT2D eigenvalue weighted by Gasteiger charge is -2.07. The normalized spacial score (nSPS) is 10.4. The zero-order chi connectivity index (χ0) is 13.5. The molecular weight excluding hydrogens is 278 g/mol. The number of benzene rings is 1. The molecule has 2 rings (SSSR count). The van der Waals surface area contributed by atoms with Crippen molar-refractivity contribution < 1.29 is 4.74 Å². The second-order valence-electron chi connectivity index (χ2n) is 3.87. The fourth-order valence-corrected chi connectivity index (χ4v) is 2.71. The van der Waals surface area contributed by atoms with E-state index in [0.717, 1.165) is 33.7 Å². The molecule has 0 bridgehead atoms. The Labute approximate surface area is 121 Å². The van der Waals surface area contributed by atoms with Crippen molar-refractivity contribution in [2.45, 2.75) is 24.8 Å². The number of nitrogens with zero attached hydrogens (tertiary/aromatic N) is 2. The van der Waals surface area contributed by atoms with Crippen LogP contribution >= 0.6 is 23.1 Å².